The van der Waals surface area contributed by atoms with Gasteiger partial charge in [-0.3, -0.25) is 9.89 Å². The van der Waals surface area contributed by atoms with Crippen molar-refractivity contribution in [3.8, 4) is 0 Å². The predicted octanol–water partition coefficient (Wildman–Crippen LogP) is 3.39. The Hall–Kier alpha value is -1.81. The molecule has 1 N–H and O–H groups in total. The van der Waals surface area contributed by atoms with Gasteiger partial charge in [-0.1, -0.05) is 11.6 Å². The summed E-state index contributed by atoms with van der Waals surface area (Å²) >= 11 is 5.87. The molecule has 1 saturated heterocycles. The van der Waals surface area contributed by atoms with Gasteiger partial charge in [0.2, 0.25) is 0 Å². The molecule has 110 valence electrons. The van der Waals surface area contributed by atoms with E-state index in [4.69, 9.17) is 11.6 Å². The standard InChI is InChI=1S/C16H18ClN3O/c1-11-9-18-19-15(11)13-3-2-8-20(10-13)16(21)12-4-6-14(17)7-5-12/h4-7,9,13H,2-3,8,10H2,1H3,(H,18,19)/t13-/m1/s1. The third-order valence-corrected chi connectivity index (χ3v) is 4.33. The van der Waals surface area contributed by atoms with E-state index in [1.165, 1.54) is 5.56 Å². The number of benzene rings is 1. The topological polar surface area (TPSA) is 49.0 Å². The minimum Gasteiger partial charge on any atom is -0.338 e. The third-order valence-electron chi connectivity index (χ3n) is 4.08. The van der Waals surface area contributed by atoms with Crippen LogP contribution in [0.1, 0.15) is 40.4 Å². The first kappa shape index (κ1) is 14.1. The number of likely N-dealkylation sites (tertiary alicyclic amines) is 1. The van der Waals surface area contributed by atoms with Crippen LogP contribution in [0.5, 0.6) is 0 Å². The molecule has 0 spiro atoms. The summed E-state index contributed by atoms with van der Waals surface area (Å²) in [4.78, 5) is 14.5. The van der Waals surface area contributed by atoms with Crippen molar-refractivity contribution >= 4 is 17.5 Å². The molecule has 1 aliphatic rings. The number of aryl methyl sites for hydroxylation is 1. The lowest BCUT2D eigenvalue weighted by atomic mass is 9.92. The van der Waals surface area contributed by atoms with E-state index in [0.29, 0.717) is 16.5 Å². The molecule has 1 aromatic carbocycles. The van der Waals surface area contributed by atoms with Gasteiger partial charge >= 0.3 is 0 Å². The van der Waals surface area contributed by atoms with Crippen LogP contribution in [0.3, 0.4) is 0 Å². The van der Waals surface area contributed by atoms with E-state index in [2.05, 4.69) is 17.1 Å². The normalized spacial score (nSPS) is 18.8. The highest BCUT2D eigenvalue weighted by Gasteiger charge is 2.27. The zero-order chi connectivity index (χ0) is 14.8. The second-order valence-electron chi connectivity index (χ2n) is 5.56. The van der Waals surface area contributed by atoms with Crippen molar-refractivity contribution < 1.29 is 4.79 Å². The van der Waals surface area contributed by atoms with Crippen LogP contribution < -0.4 is 0 Å². The summed E-state index contributed by atoms with van der Waals surface area (Å²) in [5, 5.41) is 7.82. The Balaban J connectivity index is 1.75. The highest BCUT2D eigenvalue weighted by molar-refractivity contribution is 6.30. The number of hydrogen-bond acceptors (Lipinski definition) is 2. The Morgan fingerprint density at radius 2 is 2.14 bits per heavy atom. The lowest BCUT2D eigenvalue weighted by Gasteiger charge is -2.32. The van der Waals surface area contributed by atoms with Crippen LogP contribution in [-0.2, 0) is 0 Å². The van der Waals surface area contributed by atoms with E-state index >= 15 is 0 Å². The van der Waals surface area contributed by atoms with Gasteiger partial charge in [0.1, 0.15) is 0 Å². The first-order valence-corrected chi connectivity index (χ1v) is 7.57. The number of carbonyl (C=O) groups excluding carboxylic acids is 1. The summed E-state index contributed by atoms with van der Waals surface area (Å²) in [6, 6.07) is 7.09. The number of nitrogens with zero attached hydrogens (tertiary/aromatic N) is 2. The maximum absolute atomic E-state index is 12.6. The molecule has 0 aliphatic carbocycles. The molecule has 3 rings (SSSR count). The van der Waals surface area contributed by atoms with Gasteiger partial charge in [-0.15, -0.1) is 0 Å². The van der Waals surface area contributed by atoms with Crippen LogP contribution in [0.25, 0.3) is 0 Å². The van der Waals surface area contributed by atoms with Gasteiger partial charge in [-0.25, -0.2) is 0 Å². The van der Waals surface area contributed by atoms with Crippen LogP contribution in [0, 0.1) is 6.92 Å². The minimum atomic E-state index is 0.0773. The van der Waals surface area contributed by atoms with Crippen LogP contribution >= 0.6 is 11.6 Å². The molecule has 1 atom stereocenters. The number of amides is 1. The van der Waals surface area contributed by atoms with E-state index in [9.17, 15) is 4.79 Å². The van der Waals surface area contributed by atoms with Crippen LogP contribution in [0.4, 0.5) is 0 Å². The fraction of sp³-hybridized carbons (Fsp3) is 0.375. The second-order valence-corrected chi connectivity index (χ2v) is 6.00. The Bertz CT molecular complexity index is 635. The van der Waals surface area contributed by atoms with Gasteiger partial charge in [-0.2, -0.15) is 5.10 Å². The molecule has 0 unspecified atom stereocenters. The number of halogens is 1. The van der Waals surface area contributed by atoms with Crippen LogP contribution in [0.15, 0.2) is 30.5 Å². The summed E-state index contributed by atoms with van der Waals surface area (Å²) in [5.41, 5.74) is 3.02. The van der Waals surface area contributed by atoms with E-state index in [1.54, 1.807) is 24.3 Å². The van der Waals surface area contributed by atoms with E-state index in [-0.39, 0.29) is 5.91 Å². The Labute approximate surface area is 129 Å². The maximum atomic E-state index is 12.6. The number of H-pyrrole nitrogens is 1. The Morgan fingerprint density at radius 3 is 2.81 bits per heavy atom. The van der Waals surface area contributed by atoms with Crippen LogP contribution in [0.2, 0.25) is 5.02 Å². The van der Waals surface area contributed by atoms with Crippen molar-refractivity contribution in [2.24, 2.45) is 0 Å². The highest BCUT2D eigenvalue weighted by atomic mass is 35.5. The molecule has 21 heavy (non-hydrogen) atoms. The summed E-state index contributed by atoms with van der Waals surface area (Å²) in [6.45, 7) is 3.61. The second kappa shape index (κ2) is 5.90. The molecule has 4 nitrogen and oxygen atoms in total. The number of hydrogen-bond donors (Lipinski definition) is 1. The number of aromatic amines is 1. The Morgan fingerprint density at radius 1 is 1.38 bits per heavy atom. The summed E-state index contributed by atoms with van der Waals surface area (Å²) in [6.07, 6.45) is 3.95. The summed E-state index contributed by atoms with van der Waals surface area (Å²) < 4.78 is 0. The lowest BCUT2D eigenvalue weighted by molar-refractivity contribution is 0.0705. The quantitative estimate of drug-likeness (QED) is 0.924. The van der Waals surface area contributed by atoms with E-state index < -0.39 is 0 Å². The zero-order valence-corrected chi connectivity index (χ0v) is 12.7. The SMILES string of the molecule is Cc1cn[nH]c1[C@@H]1CCCN(C(=O)c2ccc(Cl)cc2)C1. The summed E-state index contributed by atoms with van der Waals surface area (Å²) in [7, 11) is 0. The third kappa shape index (κ3) is 2.95. The van der Waals surface area contributed by atoms with Crippen LogP contribution in [-0.4, -0.2) is 34.1 Å². The monoisotopic (exact) mass is 303 g/mol. The van der Waals surface area contributed by atoms with Crippen molar-refractivity contribution in [1.82, 2.24) is 15.1 Å². The summed E-state index contributed by atoms with van der Waals surface area (Å²) in [5.74, 6) is 0.422. The Kier molecular flexibility index (Phi) is 3.97. The predicted molar refractivity (Wildman–Crippen MR) is 82.7 cm³/mol. The maximum Gasteiger partial charge on any atom is 0.253 e. The average molecular weight is 304 g/mol. The van der Waals surface area contributed by atoms with Gasteiger partial charge < -0.3 is 4.90 Å². The van der Waals surface area contributed by atoms with Crippen molar-refractivity contribution in [2.75, 3.05) is 13.1 Å². The number of aromatic nitrogens is 2. The molecule has 0 saturated carbocycles. The molecule has 1 aromatic heterocycles. The molecule has 1 aliphatic heterocycles. The minimum absolute atomic E-state index is 0.0773. The molecular formula is C16H18ClN3O. The van der Waals surface area contributed by atoms with E-state index in [0.717, 1.165) is 31.6 Å². The van der Waals surface area contributed by atoms with Crippen molar-refractivity contribution in [3.05, 3.63) is 52.3 Å². The molecule has 5 heteroatoms. The smallest absolute Gasteiger partial charge is 0.253 e. The average Bonchev–Trinajstić information content (AvgIpc) is 2.94. The molecule has 0 bridgehead atoms. The molecule has 1 fully saturated rings. The van der Waals surface area contributed by atoms with Gasteiger partial charge in [0, 0.05) is 35.3 Å². The van der Waals surface area contributed by atoms with Gasteiger partial charge in [-0.05, 0) is 49.6 Å². The number of carbonyl (C=O) groups is 1. The van der Waals surface area contributed by atoms with Gasteiger partial charge in [0.05, 0.1) is 6.20 Å². The van der Waals surface area contributed by atoms with Crippen molar-refractivity contribution in [1.29, 1.82) is 0 Å². The van der Waals surface area contributed by atoms with Gasteiger partial charge in [0.15, 0.2) is 0 Å². The molecule has 2 aromatic rings. The molecule has 0 radical (unpaired) electrons. The van der Waals surface area contributed by atoms with Crippen molar-refractivity contribution in [2.45, 2.75) is 25.7 Å². The first-order valence-electron chi connectivity index (χ1n) is 7.20. The van der Waals surface area contributed by atoms with Gasteiger partial charge in [0.25, 0.3) is 5.91 Å². The van der Waals surface area contributed by atoms with Crippen molar-refractivity contribution in [3.63, 3.8) is 0 Å². The molecule has 1 amide bonds. The zero-order valence-electron chi connectivity index (χ0n) is 12.0. The fourth-order valence-corrected chi connectivity index (χ4v) is 3.07. The van der Waals surface area contributed by atoms with E-state index in [1.807, 2.05) is 11.1 Å². The molecular weight excluding hydrogens is 286 g/mol. The number of piperidine rings is 1. The fourth-order valence-electron chi connectivity index (χ4n) is 2.94. The first-order chi connectivity index (χ1) is 10.1. The highest BCUT2D eigenvalue weighted by Crippen LogP contribution is 2.28. The number of nitrogens with one attached hydrogen (secondary N) is 1. The molecule has 2 heterocycles. The lowest BCUT2D eigenvalue weighted by Crippen LogP contribution is -2.39. The largest absolute Gasteiger partial charge is 0.338 e. The number of rotatable bonds is 2.